The van der Waals surface area contributed by atoms with Crippen molar-refractivity contribution in [2.24, 2.45) is 0 Å². The van der Waals surface area contributed by atoms with Crippen molar-refractivity contribution in [3.05, 3.63) is 34.1 Å². The van der Waals surface area contributed by atoms with Crippen LogP contribution in [0.3, 0.4) is 0 Å². The van der Waals surface area contributed by atoms with Gasteiger partial charge in [0.15, 0.2) is 0 Å². The van der Waals surface area contributed by atoms with E-state index >= 15 is 0 Å². The number of hydrogen-bond acceptors (Lipinski definition) is 6. The molecule has 0 aliphatic rings. The smallest absolute Gasteiger partial charge is 0.273 e. The molecular weight excluding hydrogens is 244 g/mol. The zero-order valence-electron chi connectivity index (χ0n) is 9.08. The highest BCUT2D eigenvalue weighted by Crippen LogP contribution is 2.10. The first-order chi connectivity index (χ1) is 8.50. The van der Waals surface area contributed by atoms with Gasteiger partial charge < -0.3 is 20.5 Å². The Kier molecular flexibility index (Phi) is 4.55. The van der Waals surface area contributed by atoms with Gasteiger partial charge in [0.2, 0.25) is 0 Å². The number of carbonyl (C=O) groups excluding carboxylic acids is 2. The van der Waals surface area contributed by atoms with Gasteiger partial charge in [0.1, 0.15) is 11.8 Å². The van der Waals surface area contributed by atoms with Crippen molar-refractivity contribution in [2.75, 3.05) is 13.1 Å². The number of nitro groups is 1. The molecule has 18 heavy (non-hydrogen) atoms. The van der Waals surface area contributed by atoms with E-state index in [0.29, 0.717) is 0 Å². The van der Waals surface area contributed by atoms with Crippen molar-refractivity contribution in [1.82, 2.24) is 15.6 Å². The van der Waals surface area contributed by atoms with Gasteiger partial charge >= 0.3 is 0 Å². The van der Waals surface area contributed by atoms with Gasteiger partial charge in [0, 0.05) is 31.4 Å². The molecule has 0 atom stereocenters. The summed E-state index contributed by atoms with van der Waals surface area (Å²) in [6.07, 6.45) is -0.301. The van der Waals surface area contributed by atoms with Crippen molar-refractivity contribution in [3.8, 4) is 0 Å². The summed E-state index contributed by atoms with van der Waals surface area (Å²) in [5, 5.41) is 24.8. The third-order valence-electron chi connectivity index (χ3n) is 1.87. The molecule has 0 spiro atoms. The number of amides is 2. The number of aromatic nitrogens is 1. The summed E-state index contributed by atoms with van der Waals surface area (Å²) in [5.41, 5.74) is -0.360. The Morgan fingerprint density at radius 1 is 1.33 bits per heavy atom. The van der Waals surface area contributed by atoms with Gasteiger partial charge in [0.25, 0.3) is 11.6 Å². The van der Waals surface area contributed by atoms with E-state index in [0.717, 1.165) is 18.3 Å². The highest BCUT2D eigenvalue weighted by atomic mass is 16.6. The Balaban J connectivity index is 2.53. The Labute approximate surface area is 101 Å². The molecule has 0 aliphatic heterocycles. The fraction of sp³-hybridized carbons (Fsp3) is 0.222. The van der Waals surface area contributed by atoms with Crippen LogP contribution >= 0.6 is 0 Å². The fourth-order valence-electron chi connectivity index (χ4n) is 1.09. The van der Waals surface area contributed by atoms with Gasteiger partial charge in [0.05, 0.1) is 4.92 Å². The van der Waals surface area contributed by atoms with Gasteiger partial charge in [-0.3, -0.25) is 19.9 Å². The quantitative estimate of drug-likeness (QED) is 0.378. The minimum absolute atomic E-state index is 0.0248. The van der Waals surface area contributed by atoms with Crippen LogP contribution < -0.4 is 15.7 Å². The lowest BCUT2D eigenvalue weighted by molar-refractivity contribution is -0.385. The molecule has 9 nitrogen and oxygen atoms in total. The second-order valence-electron chi connectivity index (χ2n) is 3.13. The van der Waals surface area contributed by atoms with Crippen LogP contribution in [-0.2, 0) is 0 Å². The van der Waals surface area contributed by atoms with Crippen LogP contribution in [0.2, 0.25) is 0 Å². The van der Waals surface area contributed by atoms with E-state index in [2.05, 4.69) is 10.3 Å². The standard InChI is InChI=1S/C9H10N4O5/c14-8(11-3-4-12-9(15)16)7-5-6(13(17)18)1-2-10-7/h1-2,5,12H,3-4H2,(H,11,14)(H,15,16)/p-1. The number of nitrogens with zero attached hydrogens (tertiary/aromatic N) is 2. The zero-order valence-corrected chi connectivity index (χ0v) is 9.08. The van der Waals surface area contributed by atoms with Crippen LogP contribution in [-0.4, -0.2) is 35.0 Å². The molecule has 0 fully saturated rings. The molecule has 0 saturated carbocycles. The van der Waals surface area contributed by atoms with E-state index in [-0.39, 0.29) is 24.5 Å². The molecule has 0 unspecified atom stereocenters. The van der Waals surface area contributed by atoms with Crippen molar-refractivity contribution in [2.45, 2.75) is 0 Å². The molecular formula is C9H9N4O5-. The molecule has 1 aromatic heterocycles. The summed E-state index contributed by atoms with van der Waals surface area (Å²) >= 11 is 0. The van der Waals surface area contributed by atoms with Gasteiger partial charge in [-0.15, -0.1) is 0 Å². The molecule has 9 heteroatoms. The predicted molar refractivity (Wildman–Crippen MR) is 56.6 cm³/mol. The molecule has 96 valence electrons. The van der Waals surface area contributed by atoms with Crippen molar-refractivity contribution < 1.29 is 19.6 Å². The van der Waals surface area contributed by atoms with Crippen LogP contribution in [0, 0.1) is 10.1 Å². The second-order valence-corrected chi connectivity index (χ2v) is 3.13. The number of pyridine rings is 1. The summed E-state index contributed by atoms with van der Waals surface area (Å²) in [7, 11) is 0. The van der Waals surface area contributed by atoms with Crippen LogP contribution in [0.25, 0.3) is 0 Å². The maximum absolute atomic E-state index is 11.5. The van der Waals surface area contributed by atoms with E-state index in [1.165, 1.54) is 0 Å². The van der Waals surface area contributed by atoms with Gasteiger partial charge in [-0.05, 0) is 0 Å². The summed E-state index contributed by atoms with van der Waals surface area (Å²) in [6.45, 7) is 0.000184. The molecule has 0 radical (unpaired) electrons. The van der Waals surface area contributed by atoms with E-state index in [1.807, 2.05) is 5.32 Å². The van der Waals surface area contributed by atoms with Crippen LogP contribution in [0.4, 0.5) is 10.5 Å². The molecule has 1 heterocycles. The van der Waals surface area contributed by atoms with Crippen LogP contribution in [0.5, 0.6) is 0 Å². The van der Waals surface area contributed by atoms with E-state index in [1.54, 1.807) is 0 Å². The molecule has 0 bridgehead atoms. The summed E-state index contributed by atoms with van der Waals surface area (Å²) < 4.78 is 0. The third-order valence-corrected chi connectivity index (χ3v) is 1.87. The van der Waals surface area contributed by atoms with Crippen LogP contribution in [0.15, 0.2) is 18.3 Å². The van der Waals surface area contributed by atoms with Gasteiger partial charge in [-0.25, -0.2) is 0 Å². The van der Waals surface area contributed by atoms with E-state index in [4.69, 9.17) is 0 Å². The second kappa shape index (κ2) is 6.13. The SMILES string of the molecule is O=C([O-])NCCNC(=O)c1cc([N+](=O)[O-])ccn1. The Hall–Kier alpha value is -2.71. The number of nitrogens with one attached hydrogen (secondary N) is 2. The van der Waals surface area contributed by atoms with Gasteiger partial charge in [-0.1, -0.05) is 0 Å². The Bertz CT molecular complexity index is 476. The van der Waals surface area contributed by atoms with Crippen molar-refractivity contribution >= 4 is 17.7 Å². The summed E-state index contributed by atoms with van der Waals surface area (Å²) in [4.78, 5) is 35.0. The molecule has 2 amide bonds. The monoisotopic (exact) mass is 253 g/mol. The van der Waals surface area contributed by atoms with Crippen LogP contribution in [0.1, 0.15) is 10.5 Å². The number of carboxylic acid groups (broad SMARTS) is 1. The Morgan fingerprint density at radius 3 is 2.61 bits per heavy atom. The average Bonchev–Trinajstić information content (AvgIpc) is 2.34. The van der Waals surface area contributed by atoms with Crippen molar-refractivity contribution in [3.63, 3.8) is 0 Å². The Morgan fingerprint density at radius 2 is 2.00 bits per heavy atom. The topological polar surface area (TPSA) is 137 Å². The first kappa shape index (κ1) is 13.4. The fourth-order valence-corrected chi connectivity index (χ4v) is 1.09. The zero-order chi connectivity index (χ0) is 13.5. The van der Waals surface area contributed by atoms with Gasteiger partial charge in [-0.2, -0.15) is 0 Å². The first-order valence-corrected chi connectivity index (χ1v) is 4.84. The maximum atomic E-state index is 11.5. The number of hydrogen-bond donors (Lipinski definition) is 2. The summed E-state index contributed by atoms with van der Waals surface area (Å²) in [6, 6.07) is 2.19. The molecule has 0 aliphatic carbocycles. The lowest BCUT2D eigenvalue weighted by Gasteiger charge is -2.07. The largest absolute Gasteiger partial charge is 0.530 e. The first-order valence-electron chi connectivity index (χ1n) is 4.84. The molecule has 0 saturated heterocycles. The number of rotatable bonds is 5. The van der Waals surface area contributed by atoms with E-state index < -0.39 is 16.9 Å². The maximum Gasteiger partial charge on any atom is 0.273 e. The molecule has 2 N–H and O–H groups in total. The minimum atomic E-state index is -1.45. The molecule has 1 rings (SSSR count). The molecule has 1 aromatic rings. The highest BCUT2D eigenvalue weighted by Gasteiger charge is 2.12. The normalized spacial score (nSPS) is 9.56. The predicted octanol–water partition coefficient (Wildman–Crippen LogP) is -1.35. The molecule has 0 aromatic carbocycles. The summed E-state index contributed by atoms with van der Waals surface area (Å²) in [5.74, 6) is -0.626. The lowest BCUT2D eigenvalue weighted by atomic mass is 10.3. The number of carbonyl (C=O) groups is 2. The highest BCUT2D eigenvalue weighted by molar-refractivity contribution is 5.92. The lowest BCUT2D eigenvalue weighted by Crippen LogP contribution is -2.41. The third kappa shape index (κ3) is 4.04. The van der Waals surface area contributed by atoms with Crippen molar-refractivity contribution in [1.29, 1.82) is 0 Å². The van der Waals surface area contributed by atoms with E-state index in [9.17, 15) is 24.8 Å². The minimum Gasteiger partial charge on any atom is -0.530 e. The average molecular weight is 253 g/mol.